The normalized spacial score (nSPS) is 14.9. The molecule has 0 aliphatic carbocycles. The molecule has 0 fully saturated rings. The van der Waals surface area contributed by atoms with Crippen molar-refractivity contribution in [1.29, 1.82) is 0 Å². The maximum atomic E-state index is 6.25. The van der Waals surface area contributed by atoms with Crippen LogP contribution in [0.25, 0.3) is 5.57 Å². The van der Waals surface area contributed by atoms with Gasteiger partial charge in [0.2, 0.25) is 0 Å². The zero-order valence-electron chi connectivity index (χ0n) is 10.5. The highest BCUT2D eigenvalue weighted by Crippen LogP contribution is 2.28. The van der Waals surface area contributed by atoms with E-state index in [1.807, 2.05) is 36.5 Å². The predicted molar refractivity (Wildman–Crippen MR) is 82.1 cm³/mol. The van der Waals surface area contributed by atoms with Gasteiger partial charge >= 0.3 is 0 Å². The molecule has 94 valence electrons. The van der Waals surface area contributed by atoms with E-state index in [0.717, 1.165) is 17.3 Å². The Morgan fingerprint density at radius 3 is 2.16 bits per heavy atom. The van der Waals surface area contributed by atoms with Gasteiger partial charge in [-0.05, 0) is 29.3 Å². The molecule has 0 bridgehead atoms. The van der Waals surface area contributed by atoms with Gasteiger partial charge in [-0.3, -0.25) is 0 Å². The summed E-state index contributed by atoms with van der Waals surface area (Å²) in [6.45, 7) is 0.838. The van der Waals surface area contributed by atoms with E-state index < -0.39 is 0 Å². The highest BCUT2D eigenvalue weighted by atomic mass is 35.5. The number of benzene rings is 2. The molecule has 0 N–H and O–H groups in total. The summed E-state index contributed by atoms with van der Waals surface area (Å²) in [4.78, 5) is 2.17. The molecule has 0 unspecified atom stereocenters. The van der Waals surface area contributed by atoms with Crippen molar-refractivity contribution in [3.05, 3.63) is 83.5 Å². The second kappa shape index (κ2) is 5.33. The van der Waals surface area contributed by atoms with E-state index in [9.17, 15) is 0 Å². The topological polar surface area (TPSA) is 3.24 Å². The molecule has 2 heteroatoms. The lowest BCUT2D eigenvalue weighted by Gasteiger charge is -2.26. The summed E-state index contributed by atoms with van der Waals surface area (Å²) in [5.41, 5.74) is 3.61. The van der Waals surface area contributed by atoms with Crippen molar-refractivity contribution in [3.63, 3.8) is 0 Å². The third kappa shape index (κ3) is 2.72. The number of para-hydroxylation sites is 1. The van der Waals surface area contributed by atoms with Crippen molar-refractivity contribution in [1.82, 2.24) is 0 Å². The van der Waals surface area contributed by atoms with Gasteiger partial charge in [-0.2, -0.15) is 0 Å². The van der Waals surface area contributed by atoms with Gasteiger partial charge < -0.3 is 4.90 Å². The van der Waals surface area contributed by atoms with Gasteiger partial charge in [0.1, 0.15) is 0 Å². The fraction of sp³-hybridized carbons (Fsp3) is 0.0588. The Bertz CT molecular complexity index is 614. The molecule has 1 aliphatic heterocycles. The number of nitrogens with zero attached hydrogens (tertiary/aromatic N) is 1. The molecule has 0 amide bonds. The highest BCUT2D eigenvalue weighted by molar-refractivity contribution is 6.32. The van der Waals surface area contributed by atoms with Crippen LogP contribution in [-0.2, 0) is 0 Å². The molecule has 0 spiro atoms. The van der Waals surface area contributed by atoms with Crippen LogP contribution in [0.3, 0.4) is 0 Å². The minimum atomic E-state index is 0.758. The van der Waals surface area contributed by atoms with E-state index in [0.29, 0.717) is 0 Å². The third-order valence-electron chi connectivity index (χ3n) is 3.16. The molecular weight excluding hydrogens is 254 g/mol. The molecule has 0 atom stereocenters. The second-order valence-electron chi connectivity index (χ2n) is 4.51. The van der Waals surface area contributed by atoms with Crippen LogP contribution >= 0.6 is 11.6 Å². The fourth-order valence-corrected chi connectivity index (χ4v) is 2.49. The summed E-state index contributed by atoms with van der Waals surface area (Å²) in [5, 5.41) is 0.758. The smallest absolute Gasteiger partial charge is 0.0571 e. The SMILES string of the molecule is ClC1=CN(c2ccccc2)CC(c2ccccc2)=C1. The Morgan fingerprint density at radius 1 is 0.842 bits per heavy atom. The number of hydrogen-bond donors (Lipinski definition) is 0. The van der Waals surface area contributed by atoms with Crippen LogP contribution in [0, 0.1) is 0 Å². The lowest BCUT2D eigenvalue weighted by atomic mass is 10.0. The summed E-state index contributed by atoms with van der Waals surface area (Å²) in [7, 11) is 0. The molecule has 1 aliphatic rings. The van der Waals surface area contributed by atoms with Crippen molar-refractivity contribution >= 4 is 22.9 Å². The van der Waals surface area contributed by atoms with Crippen molar-refractivity contribution in [2.45, 2.75) is 0 Å². The van der Waals surface area contributed by atoms with E-state index >= 15 is 0 Å². The monoisotopic (exact) mass is 267 g/mol. The lowest BCUT2D eigenvalue weighted by Crippen LogP contribution is -2.21. The Kier molecular flexibility index (Phi) is 3.39. The first-order valence-electron chi connectivity index (χ1n) is 6.28. The van der Waals surface area contributed by atoms with E-state index in [1.54, 1.807) is 0 Å². The Hall–Kier alpha value is -1.99. The van der Waals surface area contributed by atoms with Crippen LogP contribution in [0.5, 0.6) is 0 Å². The average molecular weight is 268 g/mol. The summed E-state index contributed by atoms with van der Waals surface area (Å²) in [6.07, 6.45) is 4.01. The van der Waals surface area contributed by atoms with Crippen molar-refractivity contribution in [2.24, 2.45) is 0 Å². The Labute approximate surface area is 118 Å². The minimum Gasteiger partial charge on any atom is -0.342 e. The van der Waals surface area contributed by atoms with Gasteiger partial charge in [0.25, 0.3) is 0 Å². The van der Waals surface area contributed by atoms with Gasteiger partial charge in [0, 0.05) is 18.4 Å². The summed E-state index contributed by atoms with van der Waals surface area (Å²) >= 11 is 6.25. The van der Waals surface area contributed by atoms with Crippen LogP contribution in [0.4, 0.5) is 5.69 Å². The average Bonchev–Trinajstić information content (AvgIpc) is 2.48. The third-order valence-corrected chi connectivity index (χ3v) is 3.37. The molecule has 1 nitrogen and oxygen atoms in total. The molecule has 19 heavy (non-hydrogen) atoms. The van der Waals surface area contributed by atoms with E-state index in [2.05, 4.69) is 41.3 Å². The number of allylic oxidation sites excluding steroid dienone is 2. The van der Waals surface area contributed by atoms with Crippen LogP contribution in [0.15, 0.2) is 78.0 Å². The predicted octanol–water partition coefficient (Wildman–Crippen LogP) is 4.67. The molecule has 0 aromatic heterocycles. The van der Waals surface area contributed by atoms with Gasteiger partial charge in [0.05, 0.1) is 5.03 Å². The molecule has 0 saturated heterocycles. The standard InChI is InChI=1S/C17H14ClN/c18-16-11-15(14-7-3-1-4-8-14)12-19(13-16)17-9-5-2-6-10-17/h1-11,13H,12H2. The van der Waals surface area contributed by atoms with Gasteiger partial charge in [-0.25, -0.2) is 0 Å². The Balaban J connectivity index is 1.92. The molecule has 0 saturated carbocycles. The summed E-state index contributed by atoms with van der Waals surface area (Å²) in [5.74, 6) is 0. The number of rotatable bonds is 2. The maximum absolute atomic E-state index is 6.25. The first-order chi connectivity index (χ1) is 9.33. The zero-order valence-corrected chi connectivity index (χ0v) is 11.2. The van der Waals surface area contributed by atoms with Crippen molar-refractivity contribution < 1.29 is 0 Å². The second-order valence-corrected chi connectivity index (χ2v) is 4.95. The van der Waals surface area contributed by atoms with E-state index in [-0.39, 0.29) is 0 Å². The molecular formula is C17H14ClN. The van der Waals surface area contributed by atoms with Crippen molar-refractivity contribution in [2.75, 3.05) is 11.4 Å². The number of hydrogen-bond acceptors (Lipinski definition) is 1. The van der Waals surface area contributed by atoms with Crippen LogP contribution < -0.4 is 4.90 Å². The first kappa shape index (κ1) is 12.1. The maximum Gasteiger partial charge on any atom is 0.0571 e. The number of anilines is 1. The van der Waals surface area contributed by atoms with Crippen molar-refractivity contribution in [3.8, 4) is 0 Å². The van der Waals surface area contributed by atoms with E-state index in [1.165, 1.54) is 11.1 Å². The molecule has 0 radical (unpaired) electrons. The van der Waals surface area contributed by atoms with Gasteiger partial charge in [-0.1, -0.05) is 60.1 Å². The molecule has 1 heterocycles. The van der Waals surface area contributed by atoms with Crippen LogP contribution in [0.2, 0.25) is 0 Å². The van der Waals surface area contributed by atoms with Gasteiger partial charge in [-0.15, -0.1) is 0 Å². The molecule has 2 aromatic rings. The minimum absolute atomic E-state index is 0.758. The highest BCUT2D eigenvalue weighted by Gasteiger charge is 2.13. The molecule has 2 aromatic carbocycles. The van der Waals surface area contributed by atoms with Crippen LogP contribution in [0.1, 0.15) is 5.56 Å². The van der Waals surface area contributed by atoms with E-state index in [4.69, 9.17) is 11.6 Å². The zero-order chi connectivity index (χ0) is 13.1. The largest absolute Gasteiger partial charge is 0.342 e. The Morgan fingerprint density at radius 2 is 1.47 bits per heavy atom. The van der Waals surface area contributed by atoms with Crippen LogP contribution in [-0.4, -0.2) is 6.54 Å². The van der Waals surface area contributed by atoms with Gasteiger partial charge in [0.15, 0.2) is 0 Å². The quantitative estimate of drug-likeness (QED) is 0.764. The summed E-state index contributed by atoms with van der Waals surface area (Å²) in [6, 6.07) is 20.6. The summed E-state index contributed by atoms with van der Waals surface area (Å²) < 4.78 is 0. The molecule has 3 rings (SSSR count). The fourth-order valence-electron chi connectivity index (χ4n) is 2.24. The number of halogens is 1. The lowest BCUT2D eigenvalue weighted by molar-refractivity contribution is 1.08. The first-order valence-corrected chi connectivity index (χ1v) is 6.66.